The molecule has 0 bridgehead atoms. The van der Waals surface area contributed by atoms with E-state index in [0.717, 1.165) is 29.4 Å². The molecule has 0 saturated heterocycles. The predicted octanol–water partition coefficient (Wildman–Crippen LogP) is 3.30. The Labute approximate surface area is 119 Å². The van der Waals surface area contributed by atoms with Crippen LogP contribution in [0.2, 0.25) is 5.02 Å². The van der Waals surface area contributed by atoms with E-state index in [1.54, 1.807) is 6.07 Å². The summed E-state index contributed by atoms with van der Waals surface area (Å²) in [7, 11) is 1.92. The average molecular weight is 331 g/mol. The van der Waals surface area contributed by atoms with Crippen molar-refractivity contribution in [2.45, 2.75) is 12.8 Å². The monoisotopic (exact) mass is 329 g/mol. The maximum absolute atomic E-state index is 5.98. The Kier molecular flexibility index (Phi) is 4.74. The summed E-state index contributed by atoms with van der Waals surface area (Å²) in [6.45, 7) is 0.931. The second-order valence-corrected chi connectivity index (χ2v) is 5.22. The van der Waals surface area contributed by atoms with Crippen molar-refractivity contribution in [3.63, 3.8) is 0 Å². The minimum absolute atomic E-state index is 0.498. The molecule has 0 unspecified atom stereocenters. The fraction of sp³-hybridized carbons (Fsp3) is 0.333. The molecule has 4 nitrogen and oxygen atoms in total. The van der Waals surface area contributed by atoms with Crippen molar-refractivity contribution in [3.8, 4) is 11.5 Å². The Bertz CT molecular complexity index is 510. The number of aromatic nitrogens is 2. The number of nitrogens with zero attached hydrogens (tertiary/aromatic N) is 2. The van der Waals surface area contributed by atoms with Gasteiger partial charge in [0.15, 0.2) is 0 Å². The molecule has 0 atom stereocenters. The largest absolute Gasteiger partial charge is 0.421 e. The van der Waals surface area contributed by atoms with Crippen LogP contribution in [0.3, 0.4) is 0 Å². The van der Waals surface area contributed by atoms with Gasteiger partial charge in [-0.2, -0.15) is 0 Å². The number of hydrogen-bond acceptors (Lipinski definition) is 4. The van der Waals surface area contributed by atoms with E-state index < -0.39 is 0 Å². The van der Waals surface area contributed by atoms with Gasteiger partial charge in [0.1, 0.15) is 0 Å². The summed E-state index contributed by atoms with van der Waals surface area (Å²) in [5.74, 6) is 1.15. The van der Waals surface area contributed by atoms with E-state index in [2.05, 4.69) is 31.4 Å². The lowest BCUT2D eigenvalue weighted by Crippen LogP contribution is -2.08. The van der Waals surface area contributed by atoms with Crippen molar-refractivity contribution < 1.29 is 4.42 Å². The standard InChI is InChI=1S/C12H13BrClN3O/c1-15-4-2-3-11-16-17-12(18-11)8-5-9(13)7-10(14)6-8/h5-7,15H,2-4H2,1H3. The third-order valence-electron chi connectivity index (χ3n) is 2.39. The molecule has 0 aliphatic carbocycles. The lowest BCUT2D eigenvalue weighted by Gasteiger charge is -1.98. The van der Waals surface area contributed by atoms with Gasteiger partial charge in [0, 0.05) is 21.5 Å². The molecule has 0 aliphatic heterocycles. The fourth-order valence-corrected chi connectivity index (χ4v) is 2.43. The molecule has 0 spiro atoms. The summed E-state index contributed by atoms with van der Waals surface area (Å²) in [5, 5.41) is 11.8. The zero-order chi connectivity index (χ0) is 13.0. The number of rotatable bonds is 5. The quantitative estimate of drug-likeness (QED) is 0.855. The second kappa shape index (κ2) is 6.31. The number of nitrogens with one attached hydrogen (secondary N) is 1. The third-order valence-corrected chi connectivity index (χ3v) is 3.07. The van der Waals surface area contributed by atoms with Gasteiger partial charge < -0.3 is 9.73 Å². The van der Waals surface area contributed by atoms with Crippen molar-refractivity contribution in [3.05, 3.63) is 33.6 Å². The van der Waals surface area contributed by atoms with Crippen molar-refractivity contribution >= 4 is 27.5 Å². The molecule has 0 aliphatic rings. The van der Waals surface area contributed by atoms with Gasteiger partial charge in [0.2, 0.25) is 11.8 Å². The van der Waals surface area contributed by atoms with Gasteiger partial charge >= 0.3 is 0 Å². The fourth-order valence-electron chi connectivity index (χ4n) is 1.56. The molecule has 2 aromatic rings. The molecule has 1 heterocycles. The summed E-state index contributed by atoms with van der Waals surface area (Å²) in [6.07, 6.45) is 1.74. The zero-order valence-corrected chi connectivity index (χ0v) is 12.3. The Morgan fingerprint density at radius 2 is 2.17 bits per heavy atom. The molecular formula is C12H13BrClN3O. The number of aryl methyl sites for hydroxylation is 1. The van der Waals surface area contributed by atoms with E-state index in [0.29, 0.717) is 16.8 Å². The predicted molar refractivity (Wildman–Crippen MR) is 74.7 cm³/mol. The average Bonchev–Trinajstić information content (AvgIpc) is 2.77. The molecule has 96 valence electrons. The van der Waals surface area contributed by atoms with Crippen LogP contribution in [0.5, 0.6) is 0 Å². The maximum Gasteiger partial charge on any atom is 0.247 e. The number of benzene rings is 1. The highest BCUT2D eigenvalue weighted by atomic mass is 79.9. The van der Waals surface area contributed by atoms with Gasteiger partial charge in [0.05, 0.1) is 0 Å². The van der Waals surface area contributed by atoms with Crippen molar-refractivity contribution in [2.75, 3.05) is 13.6 Å². The van der Waals surface area contributed by atoms with Crippen LogP contribution in [-0.2, 0) is 6.42 Å². The Morgan fingerprint density at radius 1 is 1.33 bits per heavy atom. The van der Waals surface area contributed by atoms with Crippen LogP contribution in [-0.4, -0.2) is 23.8 Å². The number of halogens is 2. The topological polar surface area (TPSA) is 51.0 Å². The van der Waals surface area contributed by atoms with Crippen LogP contribution in [0.15, 0.2) is 27.1 Å². The molecule has 1 aromatic carbocycles. The van der Waals surface area contributed by atoms with Crippen LogP contribution >= 0.6 is 27.5 Å². The molecule has 0 radical (unpaired) electrons. The van der Waals surface area contributed by atoms with Gasteiger partial charge in [-0.05, 0) is 38.2 Å². The molecule has 0 fully saturated rings. The third kappa shape index (κ3) is 3.54. The van der Waals surface area contributed by atoms with E-state index in [1.807, 2.05) is 19.2 Å². The smallest absolute Gasteiger partial charge is 0.247 e. The Hall–Kier alpha value is -0.910. The van der Waals surface area contributed by atoms with Crippen LogP contribution in [0.25, 0.3) is 11.5 Å². The SMILES string of the molecule is CNCCCc1nnc(-c2cc(Cl)cc(Br)c2)o1. The van der Waals surface area contributed by atoms with Gasteiger partial charge in [0.25, 0.3) is 0 Å². The molecule has 2 rings (SSSR count). The molecule has 1 aromatic heterocycles. The summed E-state index contributed by atoms with van der Waals surface area (Å²) >= 11 is 9.37. The Balaban J connectivity index is 2.13. The summed E-state index contributed by atoms with van der Waals surface area (Å²) in [5.41, 5.74) is 0.821. The lowest BCUT2D eigenvalue weighted by atomic mass is 10.2. The number of hydrogen-bond donors (Lipinski definition) is 1. The first-order chi connectivity index (χ1) is 8.69. The van der Waals surface area contributed by atoms with Crippen LogP contribution in [0, 0.1) is 0 Å². The van der Waals surface area contributed by atoms with E-state index in [9.17, 15) is 0 Å². The first-order valence-corrected chi connectivity index (χ1v) is 6.79. The summed E-state index contributed by atoms with van der Waals surface area (Å²) in [6, 6.07) is 5.52. The molecule has 1 N–H and O–H groups in total. The molecule has 0 saturated carbocycles. The van der Waals surface area contributed by atoms with Crippen LogP contribution in [0.4, 0.5) is 0 Å². The highest BCUT2D eigenvalue weighted by Crippen LogP contribution is 2.26. The molecule has 0 amide bonds. The second-order valence-electron chi connectivity index (χ2n) is 3.87. The van der Waals surface area contributed by atoms with Crippen molar-refractivity contribution in [1.82, 2.24) is 15.5 Å². The highest BCUT2D eigenvalue weighted by Gasteiger charge is 2.09. The lowest BCUT2D eigenvalue weighted by molar-refractivity contribution is 0.495. The summed E-state index contributed by atoms with van der Waals surface area (Å²) in [4.78, 5) is 0. The van der Waals surface area contributed by atoms with E-state index in [-0.39, 0.29) is 0 Å². The van der Waals surface area contributed by atoms with Gasteiger partial charge in [-0.15, -0.1) is 10.2 Å². The zero-order valence-electron chi connectivity index (χ0n) is 9.91. The van der Waals surface area contributed by atoms with E-state index >= 15 is 0 Å². The first kappa shape index (κ1) is 13.5. The Morgan fingerprint density at radius 3 is 2.89 bits per heavy atom. The highest BCUT2D eigenvalue weighted by molar-refractivity contribution is 9.10. The maximum atomic E-state index is 5.98. The summed E-state index contributed by atoms with van der Waals surface area (Å²) < 4.78 is 6.49. The van der Waals surface area contributed by atoms with Crippen LogP contribution in [0.1, 0.15) is 12.3 Å². The minimum atomic E-state index is 0.498. The first-order valence-electron chi connectivity index (χ1n) is 5.62. The van der Waals surface area contributed by atoms with Crippen LogP contribution < -0.4 is 5.32 Å². The van der Waals surface area contributed by atoms with Gasteiger partial charge in [-0.25, -0.2) is 0 Å². The van der Waals surface area contributed by atoms with Crippen molar-refractivity contribution in [2.24, 2.45) is 0 Å². The van der Waals surface area contributed by atoms with Gasteiger partial charge in [-0.1, -0.05) is 27.5 Å². The molecule has 6 heteroatoms. The molecular weight excluding hydrogens is 318 g/mol. The molecule has 18 heavy (non-hydrogen) atoms. The van der Waals surface area contributed by atoms with Gasteiger partial charge in [-0.3, -0.25) is 0 Å². The van der Waals surface area contributed by atoms with Crippen molar-refractivity contribution in [1.29, 1.82) is 0 Å². The van der Waals surface area contributed by atoms with E-state index in [4.69, 9.17) is 16.0 Å². The minimum Gasteiger partial charge on any atom is -0.421 e. The normalized spacial score (nSPS) is 10.8. The van der Waals surface area contributed by atoms with E-state index in [1.165, 1.54) is 0 Å².